The fourth-order valence-electron chi connectivity index (χ4n) is 9.96. The highest BCUT2D eigenvalue weighted by Crippen LogP contribution is 2.56. The Bertz CT molecular complexity index is 3330. The number of fused-ring (bicyclic) bond motifs is 9. The molecule has 1 unspecified atom stereocenters. The Morgan fingerprint density at radius 1 is 0.576 bits per heavy atom. The molecule has 59 heavy (non-hydrogen) atoms. The Morgan fingerprint density at radius 3 is 2.20 bits per heavy atom. The third-order valence-corrected chi connectivity index (χ3v) is 12.5. The highest BCUT2D eigenvalue weighted by atomic mass is 16.3. The van der Waals surface area contributed by atoms with Gasteiger partial charge in [-0.25, -0.2) is 0 Å². The predicted octanol–water partition coefficient (Wildman–Crippen LogP) is 14.4. The van der Waals surface area contributed by atoms with Crippen LogP contribution in [0.15, 0.2) is 199 Å². The topological polar surface area (TPSA) is 18.1 Å². The van der Waals surface area contributed by atoms with Gasteiger partial charge in [-0.1, -0.05) is 152 Å². The summed E-state index contributed by atoms with van der Waals surface area (Å²) < 4.78 is 9.20. The highest BCUT2D eigenvalue weighted by molar-refractivity contribution is 6.12. The summed E-state index contributed by atoms with van der Waals surface area (Å²) >= 11 is 0. The maximum Gasteiger partial charge on any atom is 0.135 e. The number of hydrogen-bond donors (Lipinski definition) is 0. The van der Waals surface area contributed by atoms with Crippen molar-refractivity contribution >= 4 is 61.1 Å². The van der Waals surface area contributed by atoms with Gasteiger partial charge in [-0.05, 0) is 124 Å². The van der Waals surface area contributed by atoms with Crippen LogP contribution in [0, 0.1) is 12.1 Å². The molecule has 2 aliphatic carbocycles. The van der Waals surface area contributed by atoms with Gasteiger partial charge in [-0.3, -0.25) is 0 Å². The molecule has 0 N–H and O–H groups in total. The average Bonchev–Trinajstić information content (AvgIpc) is 3.95. The Morgan fingerprint density at radius 2 is 1.34 bits per heavy atom. The van der Waals surface area contributed by atoms with Gasteiger partial charge in [0.1, 0.15) is 11.2 Å². The van der Waals surface area contributed by atoms with E-state index in [0.29, 0.717) is 0 Å². The lowest BCUT2D eigenvalue weighted by Crippen LogP contribution is -2.28. The lowest BCUT2D eigenvalue weighted by atomic mass is 9.68. The zero-order chi connectivity index (χ0) is 38.9. The van der Waals surface area contributed by atoms with Crippen LogP contribution in [0.25, 0.3) is 72.2 Å². The first-order valence-electron chi connectivity index (χ1n) is 20.5. The molecule has 0 radical (unpaired) electrons. The van der Waals surface area contributed by atoms with Gasteiger partial charge in [0.25, 0.3) is 0 Å². The Balaban J connectivity index is 1.04. The Labute approximate surface area is 343 Å². The molecule has 276 valence electrons. The Kier molecular flexibility index (Phi) is 7.52. The van der Waals surface area contributed by atoms with Crippen molar-refractivity contribution in [3.63, 3.8) is 0 Å². The molecule has 2 aromatic heterocycles. The lowest BCUT2D eigenvalue weighted by Gasteiger charge is -2.32. The Hall–Kier alpha value is -7.60. The molecule has 10 aromatic rings. The number of nitrogens with zero attached hydrogens (tertiary/aromatic N) is 1. The second-order valence-corrected chi connectivity index (χ2v) is 15.7. The van der Waals surface area contributed by atoms with Gasteiger partial charge < -0.3 is 8.98 Å². The molecule has 8 aromatic carbocycles. The van der Waals surface area contributed by atoms with Gasteiger partial charge in [0.15, 0.2) is 0 Å². The van der Waals surface area contributed by atoms with Crippen LogP contribution in [0.5, 0.6) is 0 Å². The normalized spacial score (nSPS) is 14.4. The number of para-hydroxylation sites is 1. The van der Waals surface area contributed by atoms with Gasteiger partial charge >= 0.3 is 0 Å². The van der Waals surface area contributed by atoms with Gasteiger partial charge in [-0.15, -0.1) is 0 Å². The maximum atomic E-state index is 6.78. The van der Waals surface area contributed by atoms with E-state index in [-0.39, 0.29) is 0 Å². The van der Waals surface area contributed by atoms with E-state index in [1.54, 1.807) is 0 Å². The van der Waals surface area contributed by atoms with Crippen molar-refractivity contribution in [1.29, 1.82) is 0 Å². The molecule has 2 nitrogen and oxygen atoms in total. The van der Waals surface area contributed by atoms with Gasteiger partial charge in [0.05, 0.1) is 16.4 Å². The third-order valence-electron chi connectivity index (χ3n) is 12.5. The molecular formula is C57H37NO. The summed E-state index contributed by atoms with van der Waals surface area (Å²) in [5, 5.41) is 4.69. The van der Waals surface area contributed by atoms with Crippen molar-refractivity contribution in [1.82, 2.24) is 4.57 Å². The fourth-order valence-corrected chi connectivity index (χ4v) is 9.96. The molecule has 2 heterocycles. The van der Waals surface area contributed by atoms with Crippen LogP contribution >= 0.6 is 0 Å². The van der Waals surface area contributed by atoms with E-state index in [9.17, 15) is 0 Å². The van der Waals surface area contributed by atoms with Gasteiger partial charge in [0.2, 0.25) is 0 Å². The van der Waals surface area contributed by atoms with Crippen molar-refractivity contribution in [2.75, 3.05) is 0 Å². The molecule has 0 fully saturated rings. The first-order valence-corrected chi connectivity index (χ1v) is 20.5. The molecule has 0 aliphatic heterocycles. The molecule has 0 amide bonds. The third kappa shape index (κ3) is 5.08. The number of rotatable bonds is 6. The number of benzene rings is 7. The van der Waals surface area contributed by atoms with Crippen LogP contribution in [0.3, 0.4) is 0 Å². The minimum Gasteiger partial charge on any atom is -0.456 e. The van der Waals surface area contributed by atoms with Crippen molar-refractivity contribution < 1.29 is 4.42 Å². The molecule has 2 aliphatic rings. The van der Waals surface area contributed by atoms with Crippen molar-refractivity contribution in [3.05, 3.63) is 245 Å². The SMILES string of the molecule is c1ccc2c(c#1)C(c1ccccc1)(c1ccc3c(c1)oc1ccc(/C(=C/c4ccccc4)c4ccc5c(c4)c4ccccc4n5C4=CCCC=C4)cc13)c1ccccc1-2. The molecule has 12 rings (SSSR count). The van der Waals surface area contributed by atoms with E-state index in [2.05, 4.69) is 211 Å². The van der Waals surface area contributed by atoms with Crippen LogP contribution in [0.2, 0.25) is 0 Å². The second-order valence-electron chi connectivity index (χ2n) is 15.7. The first kappa shape index (κ1) is 33.5. The molecule has 0 spiro atoms. The summed E-state index contributed by atoms with van der Waals surface area (Å²) in [6.07, 6.45) is 11.4. The summed E-state index contributed by atoms with van der Waals surface area (Å²) in [4.78, 5) is 0. The monoisotopic (exact) mass is 751 g/mol. The van der Waals surface area contributed by atoms with Crippen LogP contribution in [-0.2, 0) is 5.41 Å². The number of hydrogen-bond acceptors (Lipinski definition) is 1. The highest BCUT2D eigenvalue weighted by Gasteiger charge is 2.46. The van der Waals surface area contributed by atoms with Crippen LogP contribution in [-0.4, -0.2) is 4.57 Å². The van der Waals surface area contributed by atoms with E-state index in [0.717, 1.165) is 62.6 Å². The van der Waals surface area contributed by atoms with E-state index < -0.39 is 5.41 Å². The van der Waals surface area contributed by atoms with Gasteiger partial charge in [-0.2, -0.15) is 0 Å². The largest absolute Gasteiger partial charge is 0.456 e. The van der Waals surface area contributed by atoms with E-state index >= 15 is 0 Å². The first-order chi connectivity index (χ1) is 29.3. The summed E-state index contributed by atoms with van der Waals surface area (Å²) in [6, 6.07) is 70.5. The summed E-state index contributed by atoms with van der Waals surface area (Å²) in [5.41, 5.74) is 16.6. The molecule has 0 saturated carbocycles. The van der Waals surface area contributed by atoms with Crippen molar-refractivity contribution in [2.24, 2.45) is 0 Å². The predicted molar refractivity (Wildman–Crippen MR) is 244 cm³/mol. The molecule has 0 saturated heterocycles. The molecule has 2 heteroatoms. The van der Waals surface area contributed by atoms with E-state index in [1.807, 2.05) is 6.07 Å². The molecular weight excluding hydrogens is 715 g/mol. The number of aromatic nitrogens is 1. The standard InChI is InChI=1S/C57H37NO/c1-4-16-38(17-5-1)34-48(39-28-32-54-49(35-39)46-24-12-15-27-53(46)58(54)43-20-8-3-9-21-43)40-29-33-55-50(36-40)47-31-30-42(37-56(47)59-55)57(41-18-6-2-7-19-41)51-25-13-10-22-44(51)45-23-11-14-26-52(45)57/h1-2,4-8,10-13,15-25,27-37H,3,9H2/b48-34+. The van der Waals surface area contributed by atoms with Gasteiger partial charge in [0, 0.05) is 32.8 Å². The molecule has 1 atom stereocenters. The number of furan rings is 1. The lowest BCUT2D eigenvalue weighted by molar-refractivity contribution is 0.665. The minimum absolute atomic E-state index is 0.569. The van der Waals surface area contributed by atoms with Crippen LogP contribution in [0.1, 0.15) is 51.8 Å². The zero-order valence-corrected chi connectivity index (χ0v) is 32.3. The zero-order valence-electron chi connectivity index (χ0n) is 32.3. The quantitative estimate of drug-likeness (QED) is 0.155. The van der Waals surface area contributed by atoms with E-state index in [1.165, 1.54) is 55.3 Å². The average molecular weight is 752 g/mol. The van der Waals surface area contributed by atoms with E-state index in [4.69, 9.17) is 4.42 Å². The minimum atomic E-state index is -0.569. The van der Waals surface area contributed by atoms with Crippen molar-refractivity contribution in [3.8, 4) is 11.1 Å². The summed E-state index contributed by atoms with van der Waals surface area (Å²) in [7, 11) is 0. The summed E-state index contributed by atoms with van der Waals surface area (Å²) in [6.45, 7) is 0. The van der Waals surface area contributed by atoms with Crippen LogP contribution in [0.4, 0.5) is 0 Å². The van der Waals surface area contributed by atoms with Crippen molar-refractivity contribution in [2.45, 2.75) is 18.3 Å². The fraction of sp³-hybridized carbons (Fsp3) is 0.0526. The summed E-state index contributed by atoms with van der Waals surface area (Å²) in [5.74, 6) is 0. The molecule has 0 bridgehead atoms. The maximum absolute atomic E-state index is 6.78. The van der Waals surface area contributed by atoms with Crippen LogP contribution < -0.4 is 0 Å². The smallest absolute Gasteiger partial charge is 0.135 e. The number of allylic oxidation sites excluding steroid dienone is 4. The second kappa shape index (κ2) is 13.2.